The molecule has 1 saturated carbocycles. The lowest BCUT2D eigenvalue weighted by molar-refractivity contribution is 0.0590. The number of benzene rings is 1. The average molecular weight is 326 g/mol. The minimum atomic E-state index is 0.431. The van der Waals surface area contributed by atoms with Crippen molar-refractivity contribution in [1.29, 1.82) is 0 Å². The third-order valence-electron chi connectivity index (χ3n) is 3.83. The Kier molecular flexibility index (Phi) is 6.35. The van der Waals surface area contributed by atoms with Crippen LogP contribution in [-0.2, 0) is 4.74 Å². The van der Waals surface area contributed by atoms with E-state index in [1.54, 1.807) is 0 Å². The highest BCUT2D eigenvalue weighted by Crippen LogP contribution is 2.21. The Morgan fingerprint density at radius 2 is 1.95 bits per heavy atom. The standard InChI is InChI=1S/C16H24BrNO/c1-2-16(13-7-9-14(17)10-8-13)18-11-12-19-15-5-3-4-6-15/h7-10,15-16,18H,2-6,11-12H2,1H3. The minimum absolute atomic E-state index is 0.431. The highest BCUT2D eigenvalue weighted by atomic mass is 79.9. The van der Waals surface area contributed by atoms with Gasteiger partial charge in [-0.05, 0) is 37.0 Å². The van der Waals surface area contributed by atoms with Gasteiger partial charge in [-0.3, -0.25) is 0 Å². The Morgan fingerprint density at radius 3 is 2.58 bits per heavy atom. The Balaban J connectivity index is 1.71. The number of hydrogen-bond donors (Lipinski definition) is 1. The first-order chi connectivity index (χ1) is 9.29. The summed E-state index contributed by atoms with van der Waals surface area (Å²) in [5.41, 5.74) is 1.35. The normalized spacial score (nSPS) is 17.8. The summed E-state index contributed by atoms with van der Waals surface area (Å²) < 4.78 is 7.02. The van der Waals surface area contributed by atoms with E-state index in [1.807, 2.05) is 0 Å². The van der Waals surface area contributed by atoms with E-state index in [1.165, 1.54) is 31.2 Å². The van der Waals surface area contributed by atoms with Crippen molar-refractivity contribution in [3.8, 4) is 0 Å². The largest absolute Gasteiger partial charge is 0.377 e. The zero-order valence-electron chi connectivity index (χ0n) is 11.7. The van der Waals surface area contributed by atoms with E-state index < -0.39 is 0 Å². The highest BCUT2D eigenvalue weighted by molar-refractivity contribution is 9.10. The summed E-state index contributed by atoms with van der Waals surface area (Å²) in [6.45, 7) is 3.99. The molecule has 1 aromatic carbocycles. The van der Waals surface area contributed by atoms with Gasteiger partial charge in [0.15, 0.2) is 0 Å². The van der Waals surface area contributed by atoms with Crippen LogP contribution in [0.1, 0.15) is 50.6 Å². The van der Waals surface area contributed by atoms with Gasteiger partial charge in [0.25, 0.3) is 0 Å². The molecule has 1 aliphatic carbocycles. The van der Waals surface area contributed by atoms with Crippen molar-refractivity contribution in [2.24, 2.45) is 0 Å². The molecule has 0 spiro atoms. The fourth-order valence-corrected chi connectivity index (χ4v) is 2.97. The van der Waals surface area contributed by atoms with Crippen LogP contribution >= 0.6 is 15.9 Å². The van der Waals surface area contributed by atoms with Crippen LogP contribution in [0.4, 0.5) is 0 Å². The van der Waals surface area contributed by atoms with Gasteiger partial charge in [-0.1, -0.05) is 47.8 Å². The van der Waals surface area contributed by atoms with Crippen LogP contribution < -0.4 is 5.32 Å². The van der Waals surface area contributed by atoms with E-state index in [-0.39, 0.29) is 0 Å². The predicted octanol–water partition coefficient (Wildman–Crippen LogP) is 4.45. The van der Waals surface area contributed by atoms with Crippen LogP contribution in [0.2, 0.25) is 0 Å². The third kappa shape index (κ3) is 4.90. The monoisotopic (exact) mass is 325 g/mol. The second-order valence-corrected chi connectivity index (χ2v) is 6.16. The summed E-state index contributed by atoms with van der Waals surface area (Å²) in [6, 6.07) is 9.01. The molecular formula is C16H24BrNO. The number of hydrogen-bond acceptors (Lipinski definition) is 2. The second kappa shape index (κ2) is 8.03. The summed E-state index contributed by atoms with van der Waals surface area (Å²) in [5.74, 6) is 0. The lowest BCUT2D eigenvalue weighted by Gasteiger charge is -2.18. The van der Waals surface area contributed by atoms with E-state index in [4.69, 9.17) is 4.74 Å². The fraction of sp³-hybridized carbons (Fsp3) is 0.625. The molecule has 1 unspecified atom stereocenters. The van der Waals surface area contributed by atoms with Crippen molar-refractivity contribution in [3.05, 3.63) is 34.3 Å². The molecule has 0 aliphatic heterocycles. The van der Waals surface area contributed by atoms with Gasteiger partial charge in [-0.25, -0.2) is 0 Å². The Bertz CT molecular complexity index is 360. The summed E-state index contributed by atoms with van der Waals surface area (Å²) >= 11 is 3.48. The van der Waals surface area contributed by atoms with Gasteiger partial charge >= 0.3 is 0 Å². The van der Waals surface area contributed by atoms with Crippen LogP contribution in [0.3, 0.4) is 0 Å². The highest BCUT2D eigenvalue weighted by Gasteiger charge is 2.15. The zero-order chi connectivity index (χ0) is 13.5. The average Bonchev–Trinajstić information content (AvgIpc) is 2.93. The SMILES string of the molecule is CCC(NCCOC1CCCC1)c1ccc(Br)cc1. The lowest BCUT2D eigenvalue weighted by atomic mass is 10.1. The molecule has 0 heterocycles. The van der Waals surface area contributed by atoms with Crippen molar-refractivity contribution >= 4 is 15.9 Å². The molecule has 0 bridgehead atoms. The van der Waals surface area contributed by atoms with Gasteiger partial charge in [0.05, 0.1) is 12.7 Å². The van der Waals surface area contributed by atoms with Gasteiger partial charge in [0.1, 0.15) is 0 Å². The van der Waals surface area contributed by atoms with Crippen molar-refractivity contribution in [3.63, 3.8) is 0 Å². The lowest BCUT2D eigenvalue weighted by Crippen LogP contribution is -2.26. The van der Waals surface area contributed by atoms with E-state index in [0.29, 0.717) is 12.1 Å². The maximum absolute atomic E-state index is 5.88. The van der Waals surface area contributed by atoms with Crippen LogP contribution in [0, 0.1) is 0 Å². The first-order valence-corrected chi connectivity index (χ1v) is 8.19. The zero-order valence-corrected chi connectivity index (χ0v) is 13.3. The Labute approximate surface area is 125 Å². The molecular weight excluding hydrogens is 302 g/mol. The maximum atomic E-state index is 5.88. The topological polar surface area (TPSA) is 21.3 Å². The molecule has 3 heteroatoms. The van der Waals surface area contributed by atoms with E-state index in [9.17, 15) is 0 Å². The van der Waals surface area contributed by atoms with Crippen LogP contribution in [0.5, 0.6) is 0 Å². The Hall–Kier alpha value is -0.380. The van der Waals surface area contributed by atoms with Crippen molar-refractivity contribution in [2.75, 3.05) is 13.2 Å². The quantitative estimate of drug-likeness (QED) is 0.748. The summed E-state index contributed by atoms with van der Waals surface area (Å²) in [4.78, 5) is 0. The molecule has 1 fully saturated rings. The van der Waals surface area contributed by atoms with Crippen molar-refractivity contribution in [1.82, 2.24) is 5.32 Å². The predicted molar refractivity (Wildman–Crippen MR) is 83.4 cm³/mol. The summed E-state index contributed by atoms with van der Waals surface area (Å²) in [7, 11) is 0. The first-order valence-electron chi connectivity index (χ1n) is 7.40. The van der Waals surface area contributed by atoms with Crippen molar-refractivity contribution < 1.29 is 4.74 Å². The molecule has 1 aromatic rings. The summed E-state index contributed by atoms with van der Waals surface area (Å²) in [6.07, 6.45) is 6.82. The molecule has 0 saturated heterocycles. The van der Waals surface area contributed by atoms with Gasteiger partial charge in [-0.2, -0.15) is 0 Å². The minimum Gasteiger partial charge on any atom is -0.377 e. The molecule has 1 atom stereocenters. The van der Waals surface area contributed by atoms with Gasteiger partial charge in [0, 0.05) is 17.1 Å². The molecule has 1 N–H and O–H groups in total. The van der Waals surface area contributed by atoms with Crippen LogP contribution in [0.15, 0.2) is 28.7 Å². The molecule has 19 heavy (non-hydrogen) atoms. The number of rotatable bonds is 7. The van der Waals surface area contributed by atoms with E-state index in [2.05, 4.69) is 52.4 Å². The van der Waals surface area contributed by atoms with E-state index in [0.717, 1.165) is 24.0 Å². The van der Waals surface area contributed by atoms with E-state index >= 15 is 0 Å². The third-order valence-corrected chi connectivity index (χ3v) is 4.36. The van der Waals surface area contributed by atoms with Gasteiger partial charge < -0.3 is 10.1 Å². The number of nitrogens with one attached hydrogen (secondary N) is 1. The van der Waals surface area contributed by atoms with Crippen LogP contribution in [0.25, 0.3) is 0 Å². The smallest absolute Gasteiger partial charge is 0.0594 e. The Morgan fingerprint density at radius 1 is 1.26 bits per heavy atom. The molecule has 106 valence electrons. The number of halogens is 1. The first kappa shape index (κ1) is 15.0. The maximum Gasteiger partial charge on any atom is 0.0594 e. The van der Waals surface area contributed by atoms with Gasteiger partial charge in [0.2, 0.25) is 0 Å². The van der Waals surface area contributed by atoms with Crippen LogP contribution in [-0.4, -0.2) is 19.3 Å². The molecule has 2 rings (SSSR count). The summed E-state index contributed by atoms with van der Waals surface area (Å²) in [5, 5.41) is 3.59. The van der Waals surface area contributed by atoms with Crippen molar-refractivity contribution in [2.45, 2.75) is 51.2 Å². The molecule has 0 radical (unpaired) electrons. The molecule has 2 nitrogen and oxygen atoms in total. The van der Waals surface area contributed by atoms with Gasteiger partial charge in [-0.15, -0.1) is 0 Å². The molecule has 0 amide bonds. The fourth-order valence-electron chi connectivity index (χ4n) is 2.71. The number of ether oxygens (including phenoxy) is 1. The second-order valence-electron chi connectivity index (χ2n) is 5.24. The molecule has 0 aromatic heterocycles. The molecule has 1 aliphatic rings.